The lowest BCUT2D eigenvalue weighted by Gasteiger charge is -2.28. The minimum Gasteiger partial charge on any atom is -0.490 e. The lowest BCUT2D eigenvalue weighted by atomic mass is 9.95. The zero-order valence-electron chi connectivity index (χ0n) is 26.2. The fourth-order valence-corrected chi connectivity index (χ4v) is 6.44. The minimum atomic E-state index is -0.630. The zero-order valence-corrected chi connectivity index (χ0v) is 27.8. The molecule has 4 aromatic carbocycles. The van der Waals surface area contributed by atoms with E-state index >= 15 is 0 Å². The van der Waals surface area contributed by atoms with Crippen LogP contribution in [-0.2, 0) is 28.3 Å². The molecule has 5 aromatic rings. The number of aromatic nitrogens is 3. The number of esters is 1. The molecule has 1 N–H and O–H groups in total. The smallest absolute Gasteiger partial charge is 0.338 e. The molecule has 10 heteroatoms. The van der Waals surface area contributed by atoms with Crippen LogP contribution in [0.2, 0.25) is 5.02 Å². The topological polar surface area (TPSA) is 87.5 Å². The molecule has 8 nitrogen and oxygen atoms in total. The van der Waals surface area contributed by atoms with E-state index in [-0.39, 0.29) is 6.61 Å². The Morgan fingerprint density at radius 3 is 2.38 bits per heavy atom. The predicted molar refractivity (Wildman–Crippen MR) is 185 cm³/mol. The molecule has 1 aromatic heterocycles. The number of thioether (sulfide) groups is 1. The molecule has 47 heavy (non-hydrogen) atoms. The maximum absolute atomic E-state index is 13.8. The number of rotatable bonds is 13. The average Bonchev–Trinajstić information content (AvgIpc) is 3.50. The van der Waals surface area contributed by atoms with E-state index in [0.29, 0.717) is 57.9 Å². The van der Waals surface area contributed by atoms with Gasteiger partial charge in [-0.05, 0) is 54.3 Å². The van der Waals surface area contributed by atoms with Crippen molar-refractivity contribution < 1.29 is 19.0 Å². The molecule has 0 saturated carbocycles. The third-order valence-corrected chi connectivity index (χ3v) is 8.91. The molecule has 2 heterocycles. The van der Waals surface area contributed by atoms with Crippen LogP contribution < -0.4 is 14.8 Å². The van der Waals surface area contributed by atoms with E-state index in [1.165, 1.54) is 17.3 Å². The van der Waals surface area contributed by atoms with Crippen LogP contribution in [-0.4, -0.2) is 33.9 Å². The maximum Gasteiger partial charge on any atom is 0.338 e. The van der Waals surface area contributed by atoms with E-state index < -0.39 is 12.0 Å². The van der Waals surface area contributed by atoms with Crippen molar-refractivity contribution in [3.63, 3.8) is 0 Å². The number of anilines is 1. The summed E-state index contributed by atoms with van der Waals surface area (Å²) in [6.45, 7) is 4.87. The van der Waals surface area contributed by atoms with Crippen LogP contribution in [0.3, 0.4) is 0 Å². The van der Waals surface area contributed by atoms with Gasteiger partial charge in [0.2, 0.25) is 11.1 Å². The summed E-state index contributed by atoms with van der Waals surface area (Å²) in [4.78, 5) is 18.6. The summed E-state index contributed by atoms with van der Waals surface area (Å²) in [5.74, 6) is 1.88. The van der Waals surface area contributed by atoms with Crippen LogP contribution in [0.4, 0.5) is 5.95 Å². The number of hydrogen-bond donors (Lipinski definition) is 1. The molecule has 0 amide bonds. The summed E-state index contributed by atoms with van der Waals surface area (Å²) in [6.07, 6.45) is 0.763. The summed E-state index contributed by atoms with van der Waals surface area (Å²) >= 11 is 7.88. The summed E-state index contributed by atoms with van der Waals surface area (Å²) in [5.41, 5.74) is 4.93. The Morgan fingerprint density at radius 1 is 0.915 bits per heavy atom. The van der Waals surface area contributed by atoms with Gasteiger partial charge in [-0.25, -0.2) is 9.48 Å². The Bertz CT molecular complexity index is 1860. The molecule has 1 aliphatic rings. The number of benzene rings is 4. The van der Waals surface area contributed by atoms with Gasteiger partial charge in [-0.3, -0.25) is 0 Å². The first-order valence-electron chi connectivity index (χ1n) is 15.4. The Morgan fingerprint density at radius 2 is 1.64 bits per heavy atom. The van der Waals surface area contributed by atoms with Gasteiger partial charge in [-0.1, -0.05) is 108 Å². The number of carbonyl (C=O) groups excluding carboxylic acids is 1. The van der Waals surface area contributed by atoms with E-state index in [2.05, 4.69) is 17.4 Å². The first kappa shape index (κ1) is 32.2. The summed E-state index contributed by atoms with van der Waals surface area (Å²) in [5, 5.41) is 9.40. The number of ether oxygens (including phenoxy) is 3. The molecule has 1 unspecified atom stereocenters. The normalized spacial score (nSPS) is 13.9. The third-order valence-electron chi connectivity index (χ3n) is 7.65. The van der Waals surface area contributed by atoms with Crippen molar-refractivity contribution in [2.45, 2.75) is 43.8 Å². The van der Waals surface area contributed by atoms with Crippen molar-refractivity contribution in [1.29, 1.82) is 0 Å². The molecular formula is C37H35ClN4O4S. The fraction of sp³-hybridized carbons (Fsp3) is 0.216. The quantitative estimate of drug-likeness (QED) is 0.0993. The van der Waals surface area contributed by atoms with Gasteiger partial charge in [-0.15, -0.1) is 5.10 Å². The van der Waals surface area contributed by atoms with E-state index in [0.717, 1.165) is 23.1 Å². The van der Waals surface area contributed by atoms with Gasteiger partial charge in [0, 0.05) is 22.9 Å². The highest BCUT2D eigenvalue weighted by molar-refractivity contribution is 7.98. The summed E-state index contributed by atoms with van der Waals surface area (Å²) < 4.78 is 19.8. The summed E-state index contributed by atoms with van der Waals surface area (Å²) in [6, 6.07) is 32.6. The number of fused-ring (bicyclic) bond motifs is 1. The molecule has 0 fully saturated rings. The second kappa shape index (κ2) is 15.2. The Kier molecular flexibility index (Phi) is 10.4. The predicted octanol–water partition coefficient (Wildman–Crippen LogP) is 8.28. The van der Waals surface area contributed by atoms with Gasteiger partial charge < -0.3 is 19.5 Å². The van der Waals surface area contributed by atoms with Gasteiger partial charge in [0.1, 0.15) is 12.6 Å². The van der Waals surface area contributed by atoms with Crippen LogP contribution in [0, 0.1) is 0 Å². The molecule has 0 bridgehead atoms. The highest BCUT2D eigenvalue weighted by Gasteiger charge is 2.36. The first-order valence-corrected chi connectivity index (χ1v) is 16.8. The highest BCUT2D eigenvalue weighted by Crippen LogP contribution is 2.40. The number of halogens is 1. The number of allylic oxidation sites excluding steroid dienone is 1. The molecule has 1 aliphatic heterocycles. The molecule has 0 spiro atoms. The van der Waals surface area contributed by atoms with E-state index in [1.54, 1.807) is 4.68 Å². The minimum absolute atomic E-state index is 0.144. The van der Waals surface area contributed by atoms with Crippen molar-refractivity contribution in [1.82, 2.24) is 14.8 Å². The molecule has 1 atom stereocenters. The van der Waals surface area contributed by atoms with Crippen molar-refractivity contribution in [2.24, 2.45) is 0 Å². The average molecular weight is 667 g/mol. The van der Waals surface area contributed by atoms with Gasteiger partial charge in [-0.2, -0.15) is 4.98 Å². The molecule has 240 valence electrons. The summed E-state index contributed by atoms with van der Waals surface area (Å²) in [7, 11) is 0. The lowest BCUT2D eigenvalue weighted by molar-refractivity contribution is -0.140. The van der Waals surface area contributed by atoms with Crippen molar-refractivity contribution in [3.05, 3.63) is 142 Å². The van der Waals surface area contributed by atoms with Crippen LogP contribution in [0.25, 0.3) is 0 Å². The van der Waals surface area contributed by atoms with E-state index in [4.69, 9.17) is 35.9 Å². The van der Waals surface area contributed by atoms with Crippen LogP contribution in [0.15, 0.2) is 120 Å². The van der Waals surface area contributed by atoms with Crippen LogP contribution in [0.1, 0.15) is 42.1 Å². The lowest BCUT2D eigenvalue weighted by Crippen LogP contribution is -2.29. The molecule has 0 saturated heterocycles. The SMILES string of the molecule is CCOc1cc(C2C(C(=O)OCc3ccccc3)=C(C)Nc3nc(SCc4ccccc4Cl)nn32)ccc1OCCc1ccccc1. The van der Waals surface area contributed by atoms with Gasteiger partial charge in [0.05, 0.1) is 18.8 Å². The number of carbonyl (C=O) groups is 1. The van der Waals surface area contributed by atoms with Crippen molar-refractivity contribution in [2.75, 3.05) is 18.5 Å². The number of nitrogens with one attached hydrogen (secondary N) is 1. The Balaban J connectivity index is 1.31. The highest BCUT2D eigenvalue weighted by atomic mass is 35.5. The molecule has 6 rings (SSSR count). The monoisotopic (exact) mass is 666 g/mol. The number of hydrogen-bond acceptors (Lipinski definition) is 8. The van der Waals surface area contributed by atoms with Crippen molar-refractivity contribution >= 4 is 35.3 Å². The zero-order chi connectivity index (χ0) is 32.6. The first-order chi connectivity index (χ1) is 23.0. The molecule has 0 aliphatic carbocycles. The molecular weight excluding hydrogens is 632 g/mol. The Labute approximate surface area is 283 Å². The van der Waals surface area contributed by atoms with Gasteiger partial charge in [0.15, 0.2) is 11.5 Å². The van der Waals surface area contributed by atoms with Crippen LogP contribution in [0.5, 0.6) is 11.5 Å². The Hall–Kier alpha value is -4.73. The van der Waals surface area contributed by atoms with Crippen molar-refractivity contribution in [3.8, 4) is 11.5 Å². The number of nitrogens with zero attached hydrogens (tertiary/aromatic N) is 3. The second-order valence-electron chi connectivity index (χ2n) is 10.9. The third kappa shape index (κ3) is 7.81. The standard InChI is InChI=1S/C37H35ClN4O4S/c1-3-44-32-22-28(18-19-31(32)45-21-20-26-12-6-4-7-13-26)34-33(35(43)46-23-27-14-8-5-9-15-27)25(2)39-36-40-37(41-42(34)36)47-24-29-16-10-11-17-30(29)38/h4-19,22,34H,3,20-21,23-24H2,1-2H3,(H,39,40,41). The second-order valence-corrected chi connectivity index (χ2v) is 12.2. The van der Waals surface area contributed by atoms with Gasteiger partial charge in [0.25, 0.3) is 0 Å². The largest absolute Gasteiger partial charge is 0.490 e. The molecule has 0 radical (unpaired) electrons. The maximum atomic E-state index is 13.8. The van der Waals surface area contributed by atoms with E-state index in [9.17, 15) is 4.79 Å². The van der Waals surface area contributed by atoms with Gasteiger partial charge >= 0.3 is 5.97 Å². The van der Waals surface area contributed by atoms with E-state index in [1.807, 2.05) is 105 Å². The van der Waals surface area contributed by atoms with Crippen LogP contribution >= 0.6 is 23.4 Å². The fourth-order valence-electron chi connectivity index (χ4n) is 5.33.